The first-order chi connectivity index (χ1) is 13.0. The SMILES string of the molecule is C=C(Cl)COc1ccc(C(=O)/C=C/c2cc(OC)c(OC)cc2OC)cc1. The minimum Gasteiger partial charge on any atom is -0.496 e. The van der Waals surface area contributed by atoms with Gasteiger partial charge in [0.25, 0.3) is 0 Å². The van der Waals surface area contributed by atoms with Crippen molar-refractivity contribution in [3.8, 4) is 23.0 Å². The van der Waals surface area contributed by atoms with E-state index in [2.05, 4.69) is 6.58 Å². The normalized spacial score (nSPS) is 10.5. The van der Waals surface area contributed by atoms with Gasteiger partial charge in [-0.05, 0) is 42.5 Å². The van der Waals surface area contributed by atoms with E-state index in [1.54, 1.807) is 63.8 Å². The molecule has 0 radical (unpaired) electrons. The molecule has 0 atom stereocenters. The Labute approximate surface area is 163 Å². The minimum atomic E-state index is -0.153. The van der Waals surface area contributed by atoms with Crippen LogP contribution in [0.2, 0.25) is 0 Å². The number of carbonyl (C=O) groups excluding carboxylic acids is 1. The van der Waals surface area contributed by atoms with Crippen LogP contribution in [0.15, 0.2) is 54.1 Å². The molecule has 0 spiro atoms. The smallest absolute Gasteiger partial charge is 0.185 e. The zero-order chi connectivity index (χ0) is 19.8. The summed E-state index contributed by atoms with van der Waals surface area (Å²) in [6, 6.07) is 10.2. The van der Waals surface area contributed by atoms with Gasteiger partial charge in [0.15, 0.2) is 17.3 Å². The number of carbonyl (C=O) groups is 1. The van der Waals surface area contributed by atoms with Gasteiger partial charge in [0.05, 0.1) is 21.3 Å². The molecule has 2 aromatic rings. The van der Waals surface area contributed by atoms with Gasteiger partial charge in [-0.2, -0.15) is 0 Å². The maximum Gasteiger partial charge on any atom is 0.185 e. The third-order valence-electron chi connectivity index (χ3n) is 3.68. The number of benzene rings is 2. The van der Waals surface area contributed by atoms with Crippen molar-refractivity contribution in [1.82, 2.24) is 0 Å². The summed E-state index contributed by atoms with van der Waals surface area (Å²) in [5, 5.41) is 0.405. The van der Waals surface area contributed by atoms with Gasteiger partial charge in [-0.1, -0.05) is 18.2 Å². The molecule has 0 saturated carbocycles. The van der Waals surface area contributed by atoms with E-state index in [9.17, 15) is 4.79 Å². The van der Waals surface area contributed by atoms with Crippen LogP contribution in [0, 0.1) is 0 Å². The maximum absolute atomic E-state index is 12.4. The summed E-state index contributed by atoms with van der Waals surface area (Å²) in [4.78, 5) is 12.4. The second kappa shape index (κ2) is 9.69. The predicted molar refractivity (Wildman–Crippen MR) is 106 cm³/mol. The zero-order valence-electron chi connectivity index (χ0n) is 15.5. The molecule has 27 heavy (non-hydrogen) atoms. The number of hydrogen-bond donors (Lipinski definition) is 0. The fourth-order valence-corrected chi connectivity index (χ4v) is 2.38. The summed E-state index contributed by atoms with van der Waals surface area (Å²) in [7, 11) is 4.65. The standard InChI is InChI=1S/C21H21ClO5/c1-14(22)13-27-17-8-5-15(6-9-17)18(23)10-7-16-11-20(25-3)21(26-4)12-19(16)24-2/h5-12H,1,13H2,2-4H3/b10-7+. The number of halogens is 1. The zero-order valence-corrected chi connectivity index (χ0v) is 16.2. The van der Waals surface area contributed by atoms with Crippen LogP contribution in [0.1, 0.15) is 15.9 Å². The van der Waals surface area contributed by atoms with Gasteiger partial charge in [0.2, 0.25) is 0 Å². The fourth-order valence-electron chi connectivity index (χ4n) is 2.32. The lowest BCUT2D eigenvalue weighted by molar-refractivity contribution is 0.104. The van der Waals surface area contributed by atoms with E-state index in [0.29, 0.717) is 39.2 Å². The topological polar surface area (TPSA) is 54.0 Å². The van der Waals surface area contributed by atoms with Crippen LogP contribution in [-0.2, 0) is 0 Å². The van der Waals surface area contributed by atoms with E-state index in [4.69, 9.17) is 30.5 Å². The number of allylic oxidation sites excluding steroid dienone is 1. The Kier molecular flexibility index (Phi) is 7.32. The third-order valence-corrected chi connectivity index (χ3v) is 3.79. The number of ketones is 1. The molecule has 0 bridgehead atoms. The Morgan fingerprint density at radius 2 is 1.59 bits per heavy atom. The molecule has 0 saturated heterocycles. The van der Waals surface area contributed by atoms with Gasteiger partial charge in [-0.15, -0.1) is 0 Å². The summed E-state index contributed by atoms with van der Waals surface area (Å²) in [6.07, 6.45) is 3.14. The van der Waals surface area contributed by atoms with Crippen LogP contribution in [0.4, 0.5) is 0 Å². The first kappa shape index (κ1) is 20.4. The molecule has 0 aliphatic carbocycles. The molecule has 142 valence electrons. The Morgan fingerprint density at radius 1 is 1.00 bits per heavy atom. The Balaban J connectivity index is 2.17. The molecule has 0 fully saturated rings. The highest BCUT2D eigenvalue weighted by molar-refractivity contribution is 6.29. The van der Waals surface area contributed by atoms with Crippen LogP contribution >= 0.6 is 11.6 Å². The van der Waals surface area contributed by atoms with E-state index in [1.165, 1.54) is 6.08 Å². The fraction of sp³-hybridized carbons (Fsp3) is 0.190. The molecule has 2 aromatic carbocycles. The third kappa shape index (κ3) is 5.53. The van der Waals surface area contributed by atoms with E-state index in [1.807, 2.05) is 0 Å². The average molecular weight is 389 g/mol. The summed E-state index contributed by atoms with van der Waals surface area (Å²) < 4.78 is 21.3. The van der Waals surface area contributed by atoms with Crippen molar-refractivity contribution in [3.63, 3.8) is 0 Å². The maximum atomic E-state index is 12.4. The Morgan fingerprint density at radius 3 is 2.15 bits per heavy atom. The molecule has 2 rings (SSSR count). The first-order valence-electron chi connectivity index (χ1n) is 8.07. The highest BCUT2D eigenvalue weighted by Crippen LogP contribution is 2.35. The summed E-state index contributed by atoms with van der Waals surface area (Å²) in [5.74, 6) is 2.13. The molecule has 0 amide bonds. The number of hydrogen-bond acceptors (Lipinski definition) is 5. The summed E-state index contributed by atoms with van der Waals surface area (Å²) >= 11 is 5.66. The van der Waals surface area contributed by atoms with Crippen molar-refractivity contribution in [2.75, 3.05) is 27.9 Å². The predicted octanol–water partition coefficient (Wildman–Crippen LogP) is 4.74. The lowest BCUT2D eigenvalue weighted by Gasteiger charge is -2.12. The molecule has 5 nitrogen and oxygen atoms in total. The van der Waals surface area contributed by atoms with Crippen LogP contribution in [0.3, 0.4) is 0 Å². The molecule has 0 aliphatic heterocycles. The lowest BCUT2D eigenvalue weighted by atomic mass is 10.1. The van der Waals surface area contributed by atoms with Crippen molar-refractivity contribution in [1.29, 1.82) is 0 Å². The van der Waals surface area contributed by atoms with Gasteiger partial charge < -0.3 is 18.9 Å². The van der Waals surface area contributed by atoms with Crippen molar-refractivity contribution in [2.45, 2.75) is 0 Å². The number of methoxy groups -OCH3 is 3. The van der Waals surface area contributed by atoms with Gasteiger partial charge in [0.1, 0.15) is 18.1 Å². The second-order valence-electron chi connectivity index (χ2n) is 5.48. The van der Waals surface area contributed by atoms with Crippen molar-refractivity contribution in [3.05, 3.63) is 65.2 Å². The summed E-state index contributed by atoms with van der Waals surface area (Å²) in [5.41, 5.74) is 1.23. The quantitative estimate of drug-likeness (QED) is 0.458. The second-order valence-corrected chi connectivity index (χ2v) is 6.01. The largest absolute Gasteiger partial charge is 0.496 e. The Hall–Kier alpha value is -2.92. The van der Waals surface area contributed by atoms with Crippen molar-refractivity contribution < 1.29 is 23.7 Å². The molecular formula is C21H21ClO5. The van der Waals surface area contributed by atoms with Gasteiger partial charge in [-0.25, -0.2) is 0 Å². The molecule has 0 aromatic heterocycles. The number of ether oxygens (including phenoxy) is 4. The van der Waals surface area contributed by atoms with E-state index in [-0.39, 0.29) is 12.4 Å². The average Bonchev–Trinajstić information content (AvgIpc) is 2.69. The van der Waals surface area contributed by atoms with Gasteiger partial charge in [-0.3, -0.25) is 4.79 Å². The number of rotatable bonds is 9. The van der Waals surface area contributed by atoms with E-state index < -0.39 is 0 Å². The Bertz CT molecular complexity index is 840. The van der Waals surface area contributed by atoms with Crippen molar-refractivity contribution >= 4 is 23.5 Å². The van der Waals surface area contributed by atoms with Crippen LogP contribution in [0.25, 0.3) is 6.08 Å². The molecule has 6 heteroatoms. The van der Waals surface area contributed by atoms with Crippen LogP contribution < -0.4 is 18.9 Å². The van der Waals surface area contributed by atoms with E-state index >= 15 is 0 Å². The molecule has 0 unspecified atom stereocenters. The molecule has 0 N–H and O–H groups in total. The van der Waals surface area contributed by atoms with Crippen LogP contribution in [0.5, 0.6) is 23.0 Å². The van der Waals surface area contributed by atoms with Crippen LogP contribution in [-0.4, -0.2) is 33.7 Å². The highest BCUT2D eigenvalue weighted by atomic mass is 35.5. The first-order valence-corrected chi connectivity index (χ1v) is 8.44. The van der Waals surface area contributed by atoms with Crippen molar-refractivity contribution in [2.24, 2.45) is 0 Å². The summed E-state index contributed by atoms with van der Waals surface area (Å²) in [6.45, 7) is 3.77. The lowest BCUT2D eigenvalue weighted by Crippen LogP contribution is -1.98. The van der Waals surface area contributed by atoms with Gasteiger partial charge in [0, 0.05) is 22.2 Å². The van der Waals surface area contributed by atoms with Gasteiger partial charge >= 0.3 is 0 Å². The molecular weight excluding hydrogens is 368 g/mol. The van der Waals surface area contributed by atoms with E-state index in [0.717, 1.165) is 0 Å². The minimum absolute atomic E-state index is 0.153. The molecule has 0 heterocycles. The highest BCUT2D eigenvalue weighted by Gasteiger charge is 2.10. The molecule has 0 aliphatic rings. The monoisotopic (exact) mass is 388 g/mol.